The lowest BCUT2D eigenvalue weighted by atomic mass is 10.2. The third kappa shape index (κ3) is 1.85. The molecule has 12 heavy (non-hydrogen) atoms. The zero-order chi connectivity index (χ0) is 9.14. The lowest BCUT2D eigenvalue weighted by Gasteiger charge is -2.14. The van der Waals surface area contributed by atoms with E-state index >= 15 is 0 Å². The summed E-state index contributed by atoms with van der Waals surface area (Å²) in [6.45, 7) is 0. The second kappa shape index (κ2) is 3.72. The molecule has 1 aromatic rings. The second-order valence-corrected chi connectivity index (χ2v) is 3.58. The van der Waals surface area contributed by atoms with Crippen molar-refractivity contribution < 1.29 is 4.79 Å². The van der Waals surface area contributed by atoms with Gasteiger partial charge in [0.2, 0.25) is 0 Å². The minimum Gasteiger partial charge on any atom is -0.377 e. The van der Waals surface area contributed by atoms with E-state index in [1.54, 1.807) is 6.07 Å². The van der Waals surface area contributed by atoms with Gasteiger partial charge < -0.3 is 4.90 Å². The molecule has 0 heterocycles. The molecule has 1 rings (SSSR count). The molecule has 0 radical (unpaired) electrons. The van der Waals surface area contributed by atoms with Crippen LogP contribution in [0, 0.1) is 0 Å². The van der Waals surface area contributed by atoms with Gasteiger partial charge in [-0.15, -0.1) is 0 Å². The van der Waals surface area contributed by atoms with Crippen LogP contribution in [0.2, 0.25) is 0 Å². The van der Waals surface area contributed by atoms with Crippen LogP contribution < -0.4 is 4.90 Å². The summed E-state index contributed by atoms with van der Waals surface area (Å²) in [4.78, 5) is 12.4. The predicted octanol–water partition coefficient (Wildman–Crippen LogP) is 2.33. The van der Waals surface area contributed by atoms with Crippen molar-refractivity contribution in [3.05, 3.63) is 28.2 Å². The first-order valence-corrected chi connectivity index (χ1v) is 4.36. The molecule has 2 nitrogen and oxygen atoms in total. The minimum atomic E-state index is 0.687. The fraction of sp³-hybridized carbons (Fsp3) is 0.222. The van der Waals surface area contributed by atoms with Crippen LogP contribution in [0.5, 0.6) is 0 Å². The zero-order valence-electron chi connectivity index (χ0n) is 7.04. The van der Waals surface area contributed by atoms with Crippen molar-refractivity contribution in [2.75, 3.05) is 19.0 Å². The number of carbonyl (C=O) groups excluding carboxylic acids is 1. The zero-order valence-corrected chi connectivity index (χ0v) is 8.63. The van der Waals surface area contributed by atoms with Crippen LogP contribution in [-0.2, 0) is 0 Å². The van der Waals surface area contributed by atoms with Gasteiger partial charge >= 0.3 is 0 Å². The highest BCUT2D eigenvalue weighted by atomic mass is 79.9. The molecule has 0 atom stereocenters. The predicted molar refractivity (Wildman–Crippen MR) is 53.9 cm³/mol. The van der Waals surface area contributed by atoms with Gasteiger partial charge in [0.05, 0.1) is 5.69 Å². The van der Waals surface area contributed by atoms with Crippen molar-refractivity contribution in [1.29, 1.82) is 0 Å². The first-order valence-electron chi connectivity index (χ1n) is 3.57. The number of anilines is 1. The Balaban J connectivity index is 3.11. The molecular weight excluding hydrogens is 218 g/mol. The summed E-state index contributed by atoms with van der Waals surface area (Å²) in [5.41, 5.74) is 1.76. The lowest BCUT2D eigenvalue weighted by Crippen LogP contribution is -2.09. The number of halogens is 1. The van der Waals surface area contributed by atoms with Gasteiger partial charge in [0.1, 0.15) is 6.29 Å². The van der Waals surface area contributed by atoms with Crippen LogP contribution in [-0.4, -0.2) is 20.4 Å². The number of benzene rings is 1. The molecule has 3 heteroatoms. The summed E-state index contributed by atoms with van der Waals surface area (Å²) < 4.78 is 0.942. The summed E-state index contributed by atoms with van der Waals surface area (Å²) in [6.07, 6.45) is 0.837. The van der Waals surface area contributed by atoms with Gasteiger partial charge in [-0.3, -0.25) is 4.79 Å². The second-order valence-electron chi connectivity index (χ2n) is 2.72. The molecular formula is C9H10BrNO. The number of aldehydes is 1. The van der Waals surface area contributed by atoms with Gasteiger partial charge in [-0.25, -0.2) is 0 Å². The maximum absolute atomic E-state index is 10.4. The molecule has 0 bridgehead atoms. The van der Waals surface area contributed by atoms with Gasteiger partial charge in [0, 0.05) is 24.1 Å². The van der Waals surface area contributed by atoms with Crippen molar-refractivity contribution in [3.8, 4) is 0 Å². The van der Waals surface area contributed by atoms with Crippen molar-refractivity contribution in [2.45, 2.75) is 0 Å². The molecule has 0 aliphatic rings. The van der Waals surface area contributed by atoms with Crippen LogP contribution in [0.25, 0.3) is 0 Å². The van der Waals surface area contributed by atoms with E-state index < -0.39 is 0 Å². The van der Waals surface area contributed by atoms with Gasteiger partial charge in [-0.1, -0.05) is 0 Å². The average molecular weight is 228 g/mol. The Morgan fingerprint density at radius 3 is 2.50 bits per heavy atom. The highest BCUT2D eigenvalue weighted by Gasteiger charge is 2.01. The van der Waals surface area contributed by atoms with E-state index in [0.717, 1.165) is 16.4 Å². The van der Waals surface area contributed by atoms with Crippen LogP contribution in [0.4, 0.5) is 5.69 Å². The number of hydrogen-bond acceptors (Lipinski definition) is 2. The molecule has 0 amide bonds. The molecule has 0 saturated heterocycles. The van der Waals surface area contributed by atoms with E-state index in [-0.39, 0.29) is 0 Å². The van der Waals surface area contributed by atoms with E-state index in [0.29, 0.717) is 5.56 Å². The molecule has 0 aliphatic heterocycles. The maximum Gasteiger partial charge on any atom is 0.150 e. The lowest BCUT2D eigenvalue weighted by molar-refractivity contribution is 0.112. The number of carbonyl (C=O) groups is 1. The fourth-order valence-corrected chi connectivity index (χ4v) is 1.71. The molecule has 1 aromatic carbocycles. The van der Waals surface area contributed by atoms with Crippen molar-refractivity contribution >= 4 is 27.9 Å². The van der Waals surface area contributed by atoms with Crippen molar-refractivity contribution in [3.63, 3.8) is 0 Å². The van der Waals surface area contributed by atoms with Gasteiger partial charge in [0.25, 0.3) is 0 Å². The SMILES string of the molecule is CN(C)c1ccc(C=O)cc1Br. The summed E-state index contributed by atoms with van der Waals surface area (Å²) in [5, 5.41) is 0. The van der Waals surface area contributed by atoms with Crippen molar-refractivity contribution in [1.82, 2.24) is 0 Å². The summed E-state index contributed by atoms with van der Waals surface area (Å²) >= 11 is 3.39. The van der Waals surface area contributed by atoms with E-state index in [1.807, 2.05) is 31.1 Å². The van der Waals surface area contributed by atoms with Crippen LogP contribution in [0.15, 0.2) is 22.7 Å². The molecule has 0 aromatic heterocycles. The summed E-state index contributed by atoms with van der Waals surface area (Å²) in [7, 11) is 3.92. The maximum atomic E-state index is 10.4. The Hall–Kier alpha value is -0.830. The van der Waals surface area contributed by atoms with Crippen molar-refractivity contribution in [2.24, 2.45) is 0 Å². The first-order chi connectivity index (χ1) is 5.65. The van der Waals surface area contributed by atoms with Crippen LogP contribution in [0.1, 0.15) is 10.4 Å². The van der Waals surface area contributed by atoms with E-state index in [9.17, 15) is 4.79 Å². The fourth-order valence-electron chi connectivity index (χ4n) is 0.959. The topological polar surface area (TPSA) is 20.3 Å². The average Bonchev–Trinajstić information content (AvgIpc) is 2.03. The Bertz CT molecular complexity index is 297. The normalized spacial score (nSPS) is 9.58. The minimum absolute atomic E-state index is 0.687. The first kappa shape index (κ1) is 9.26. The Morgan fingerprint density at radius 1 is 1.42 bits per heavy atom. The van der Waals surface area contributed by atoms with E-state index in [4.69, 9.17) is 0 Å². The van der Waals surface area contributed by atoms with E-state index in [1.165, 1.54) is 0 Å². The van der Waals surface area contributed by atoms with Gasteiger partial charge in [-0.2, -0.15) is 0 Å². The molecule has 0 fully saturated rings. The Morgan fingerprint density at radius 2 is 2.08 bits per heavy atom. The Kier molecular flexibility index (Phi) is 2.87. The monoisotopic (exact) mass is 227 g/mol. The highest BCUT2D eigenvalue weighted by Crippen LogP contribution is 2.24. The smallest absolute Gasteiger partial charge is 0.150 e. The van der Waals surface area contributed by atoms with Gasteiger partial charge in [-0.05, 0) is 34.1 Å². The molecule has 64 valence electrons. The molecule has 0 aliphatic carbocycles. The number of rotatable bonds is 2. The third-order valence-corrected chi connectivity index (χ3v) is 2.22. The number of nitrogens with zero attached hydrogens (tertiary/aromatic N) is 1. The van der Waals surface area contributed by atoms with Gasteiger partial charge in [0.15, 0.2) is 0 Å². The summed E-state index contributed by atoms with van der Waals surface area (Å²) in [6, 6.07) is 5.52. The van der Waals surface area contributed by atoms with E-state index in [2.05, 4.69) is 15.9 Å². The molecule has 0 saturated carbocycles. The Labute approximate surface area is 80.3 Å². The quantitative estimate of drug-likeness (QED) is 0.724. The molecule has 0 unspecified atom stereocenters. The summed E-state index contributed by atoms with van der Waals surface area (Å²) in [5.74, 6) is 0. The van der Waals surface area contributed by atoms with Crippen LogP contribution >= 0.6 is 15.9 Å². The molecule has 0 N–H and O–H groups in total. The van der Waals surface area contributed by atoms with Crippen LogP contribution in [0.3, 0.4) is 0 Å². The standard InChI is InChI=1S/C9H10BrNO/c1-11(2)9-4-3-7(6-12)5-8(9)10/h3-6H,1-2H3. The largest absolute Gasteiger partial charge is 0.377 e. The number of hydrogen-bond donors (Lipinski definition) is 0. The highest BCUT2D eigenvalue weighted by molar-refractivity contribution is 9.10. The third-order valence-electron chi connectivity index (χ3n) is 1.59. The molecule has 0 spiro atoms.